The zero-order valence-corrected chi connectivity index (χ0v) is 14.6. The molecule has 2 aliphatic heterocycles. The van der Waals surface area contributed by atoms with Crippen LogP contribution >= 0.6 is 11.8 Å². The Bertz CT molecular complexity index is 506. The summed E-state index contributed by atoms with van der Waals surface area (Å²) in [4.78, 5) is 14.9. The molecule has 0 radical (unpaired) electrons. The quantitative estimate of drug-likeness (QED) is 0.894. The molecular weight excluding hydrogens is 312 g/mol. The summed E-state index contributed by atoms with van der Waals surface area (Å²) in [5.74, 6) is 3.54. The van der Waals surface area contributed by atoms with Gasteiger partial charge in [0.25, 0.3) is 5.91 Å². The maximum atomic E-state index is 12.3. The number of hydrogen-bond donors (Lipinski definition) is 1. The molecule has 1 amide bonds. The van der Waals surface area contributed by atoms with Crippen LogP contribution in [0.4, 0.5) is 0 Å². The highest BCUT2D eigenvalue weighted by molar-refractivity contribution is 7.99. The molecule has 1 N–H and O–H groups in total. The molecule has 2 fully saturated rings. The summed E-state index contributed by atoms with van der Waals surface area (Å²) in [6, 6.07) is 4.53. The molecule has 0 atom stereocenters. The number of ether oxygens (including phenoxy) is 1. The van der Waals surface area contributed by atoms with Crippen molar-refractivity contribution in [1.82, 2.24) is 10.2 Å². The largest absolute Gasteiger partial charge is 0.453 e. The van der Waals surface area contributed by atoms with Crippen LogP contribution in [0.5, 0.6) is 0 Å². The van der Waals surface area contributed by atoms with Crippen molar-refractivity contribution in [1.29, 1.82) is 0 Å². The number of nitrogens with zero attached hydrogens (tertiary/aromatic N) is 1. The van der Waals surface area contributed by atoms with Gasteiger partial charge in [-0.15, -0.1) is 0 Å². The van der Waals surface area contributed by atoms with Crippen molar-refractivity contribution >= 4 is 17.7 Å². The van der Waals surface area contributed by atoms with Crippen LogP contribution in [0, 0.1) is 0 Å². The molecule has 3 rings (SSSR count). The molecule has 23 heavy (non-hydrogen) atoms. The van der Waals surface area contributed by atoms with E-state index in [2.05, 4.69) is 22.0 Å². The molecule has 2 saturated heterocycles. The Morgan fingerprint density at radius 2 is 2.04 bits per heavy atom. The zero-order chi connectivity index (χ0) is 16.1. The molecule has 0 aromatic carbocycles. The van der Waals surface area contributed by atoms with Crippen LogP contribution in [-0.4, -0.2) is 54.6 Å². The predicted molar refractivity (Wildman–Crippen MR) is 91.8 cm³/mol. The average Bonchev–Trinajstić information content (AvgIpc) is 3.06. The Morgan fingerprint density at radius 1 is 1.30 bits per heavy atom. The lowest BCUT2D eigenvalue weighted by Crippen LogP contribution is -2.48. The number of rotatable bonds is 5. The minimum absolute atomic E-state index is 0.111. The van der Waals surface area contributed by atoms with E-state index < -0.39 is 0 Å². The first-order valence-electron chi connectivity index (χ1n) is 8.46. The number of carbonyl (C=O) groups excluding carboxylic acids is 1. The Labute approximate surface area is 142 Å². The van der Waals surface area contributed by atoms with Crippen LogP contribution in [-0.2, 0) is 11.3 Å². The van der Waals surface area contributed by atoms with E-state index in [0.29, 0.717) is 18.1 Å². The lowest BCUT2D eigenvalue weighted by atomic mass is 10.0. The van der Waals surface area contributed by atoms with E-state index >= 15 is 0 Å². The molecule has 2 aliphatic rings. The third-order valence-corrected chi connectivity index (χ3v) is 5.79. The summed E-state index contributed by atoms with van der Waals surface area (Å²) >= 11 is 2.07. The number of likely N-dealkylation sites (tertiary alicyclic amines) is 1. The molecule has 6 heteroatoms. The molecule has 0 spiro atoms. The van der Waals surface area contributed by atoms with Crippen LogP contribution in [0.15, 0.2) is 16.5 Å². The predicted octanol–water partition coefficient (Wildman–Crippen LogP) is 2.52. The van der Waals surface area contributed by atoms with Crippen LogP contribution in [0.2, 0.25) is 0 Å². The number of amides is 1. The number of methoxy groups -OCH3 is 1. The fourth-order valence-electron chi connectivity index (χ4n) is 3.44. The SMILES string of the molecule is COCc1ccc(C(=O)NC2CCN(C3CCSCC3)CC2)o1. The number of hydrogen-bond acceptors (Lipinski definition) is 5. The van der Waals surface area contributed by atoms with Crippen molar-refractivity contribution in [3.05, 3.63) is 23.7 Å². The van der Waals surface area contributed by atoms with Gasteiger partial charge in [-0.2, -0.15) is 11.8 Å². The molecule has 0 saturated carbocycles. The van der Waals surface area contributed by atoms with Gasteiger partial charge in [0, 0.05) is 32.3 Å². The van der Waals surface area contributed by atoms with Crippen LogP contribution in [0.1, 0.15) is 42.0 Å². The Kier molecular flexibility index (Phi) is 6.02. The number of thioether (sulfide) groups is 1. The highest BCUT2D eigenvalue weighted by atomic mass is 32.2. The minimum Gasteiger partial charge on any atom is -0.453 e. The Morgan fingerprint density at radius 3 is 2.74 bits per heavy atom. The van der Waals surface area contributed by atoms with Gasteiger partial charge in [-0.05, 0) is 49.3 Å². The third kappa shape index (κ3) is 4.52. The third-order valence-electron chi connectivity index (χ3n) is 4.74. The standard InChI is InChI=1S/C17H26N2O3S/c1-21-12-15-2-3-16(22-15)17(20)18-13-4-8-19(9-5-13)14-6-10-23-11-7-14/h2-3,13-14H,4-12H2,1H3,(H,18,20). The van der Waals surface area contributed by atoms with Gasteiger partial charge in [0.05, 0.1) is 0 Å². The highest BCUT2D eigenvalue weighted by Gasteiger charge is 2.27. The van der Waals surface area contributed by atoms with E-state index in [1.54, 1.807) is 19.2 Å². The van der Waals surface area contributed by atoms with E-state index in [9.17, 15) is 4.79 Å². The normalized spacial score (nSPS) is 21.4. The summed E-state index contributed by atoms with van der Waals surface area (Å²) in [6.07, 6.45) is 4.69. The van der Waals surface area contributed by atoms with Gasteiger partial charge >= 0.3 is 0 Å². The first-order valence-corrected chi connectivity index (χ1v) is 9.62. The molecular formula is C17H26N2O3S. The van der Waals surface area contributed by atoms with E-state index in [-0.39, 0.29) is 11.9 Å². The fraction of sp³-hybridized carbons (Fsp3) is 0.706. The summed E-state index contributed by atoms with van der Waals surface area (Å²) < 4.78 is 10.5. The molecule has 128 valence electrons. The molecule has 0 aliphatic carbocycles. The second-order valence-corrected chi connectivity index (χ2v) is 7.55. The van der Waals surface area contributed by atoms with E-state index in [1.165, 1.54) is 24.3 Å². The van der Waals surface area contributed by atoms with Crippen molar-refractivity contribution in [2.24, 2.45) is 0 Å². The van der Waals surface area contributed by atoms with Crippen molar-refractivity contribution in [2.75, 3.05) is 31.7 Å². The second kappa shape index (κ2) is 8.22. The topological polar surface area (TPSA) is 54.7 Å². The van der Waals surface area contributed by atoms with Crippen molar-refractivity contribution in [2.45, 2.75) is 44.4 Å². The number of furan rings is 1. The lowest BCUT2D eigenvalue weighted by Gasteiger charge is -2.39. The van der Waals surface area contributed by atoms with Gasteiger partial charge in [-0.1, -0.05) is 0 Å². The maximum Gasteiger partial charge on any atom is 0.287 e. The number of piperidine rings is 1. The van der Waals surface area contributed by atoms with Crippen molar-refractivity contribution < 1.29 is 13.9 Å². The summed E-state index contributed by atoms with van der Waals surface area (Å²) in [6.45, 7) is 2.58. The van der Waals surface area contributed by atoms with Crippen LogP contribution in [0.3, 0.4) is 0 Å². The smallest absolute Gasteiger partial charge is 0.287 e. The molecule has 3 heterocycles. The molecule has 5 nitrogen and oxygen atoms in total. The summed E-state index contributed by atoms with van der Waals surface area (Å²) in [7, 11) is 1.61. The van der Waals surface area contributed by atoms with E-state index in [4.69, 9.17) is 9.15 Å². The number of carbonyl (C=O) groups is 1. The van der Waals surface area contributed by atoms with Gasteiger partial charge in [-0.25, -0.2) is 0 Å². The second-order valence-electron chi connectivity index (χ2n) is 6.33. The number of nitrogens with one attached hydrogen (secondary N) is 1. The van der Waals surface area contributed by atoms with Crippen LogP contribution in [0.25, 0.3) is 0 Å². The van der Waals surface area contributed by atoms with Gasteiger partial charge in [0.1, 0.15) is 12.4 Å². The van der Waals surface area contributed by atoms with Gasteiger partial charge in [-0.3, -0.25) is 4.79 Å². The Hall–Kier alpha value is -0.980. The molecule has 0 bridgehead atoms. The Balaban J connectivity index is 1.45. The van der Waals surface area contributed by atoms with Crippen molar-refractivity contribution in [3.8, 4) is 0 Å². The van der Waals surface area contributed by atoms with Gasteiger partial charge < -0.3 is 19.4 Å². The van der Waals surface area contributed by atoms with E-state index in [1.807, 2.05) is 0 Å². The first kappa shape index (κ1) is 16.9. The minimum atomic E-state index is -0.111. The first-order chi connectivity index (χ1) is 11.3. The van der Waals surface area contributed by atoms with Gasteiger partial charge in [0.15, 0.2) is 5.76 Å². The fourth-order valence-corrected chi connectivity index (χ4v) is 4.52. The molecule has 0 unspecified atom stereocenters. The van der Waals surface area contributed by atoms with E-state index in [0.717, 1.165) is 32.0 Å². The van der Waals surface area contributed by atoms with Crippen molar-refractivity contribution in [3.63, 3.8) is 0 Å². The highest BCUT2D eigenvalue weighted by Crippen LogP contribution is 2.24. The van der Waals surface area contributed by atoms with Gasteiger partial charge in [0.2, 0.25) is 0 Å². The van der Waals surface area contributed by atoms with Crippen LogP contribution < -0.4 is 5.32 Å². The lowest BCUT2D eigenvalue weighted by molar-refractivity contribution is 0.0852. The molecule has 1 aromatic heterocycles. The zero-order valence-electron chi connectivity index (χ0n) is 13.8. The summed E-state index contributed by atoms with van der Waals surface area (Å²) in [5.41, 5.74) is 0. The monoisotopic (exact) mass is 338 g/mol. The maximum absolute atomic E-state index is 12.3. The summed E-state index contributed by atoms with van der Waals surface area (Å²) in [5, 5.41) is 3.11. The average molecular weight is 338 g/mol. The molecule has 1 aromatic rings.